The maximum Gasteiger partial charge on any atom is 0.150 e. The largest absolute Gasteiger partial charge is 0.472 e. The summed E-state index contributed by atoms with van der Waals surface area (Å²) in [4.78, 5) is 0. The van der Waals surface area contributed by atoms with Crippen LogP contribution in [-0.4, -0.2) is 26.5 Å². The van der Waals surface area contributed by atoms with Crippen LogP contribution in [0.2, 0.25) is 0 Å². The Kier molecular flexibility index (Phi) is 4.68. The van der Waals surface area contributed by atoms with E-state index >= 15 is 0 Å². The Labute approximate surface area is 115 Å². The molecule has 1 aromatic rings. The fourth-order valence-electron chi connectivity index (χ4n) is 3.10. The molecule has 5 heteroatoms. The third-order valence-electron chi connectivity index (χ3n) is 4.07. The second-order valence-electron chi connectivity index (χ2n) is 5.47. The Hall–Kier alpha value is -0.810. The Morgan fingerprint density at radius 1 is 1.47 bits per heavy atom. The summed E-state index contributed by atoms with van der Waals surface area (Å²) >= 11 is 0. The van der Waals surface area contributed by atoms with Crippen molar-refractivity contribution in [3.63, 3.8) is 0 Å². The van der Waals surface area contributed by atoms with Gasteiger partial charge in [0.1, 0.15) is 9.84 Å². The monoisotopic (exact) mass is 285 g/mol. The molecule has 3 atom stereocenters. The minimum absolute atomic E-state index is 0.181. The highest BCUT2D eigenvalue weighted by atomic mass is 32.2. The topological polar surface area (TPSA) is 59.3 Å². The summed E-state index contributed by atoms with van der Waals surface area (Å²) in [6, 6.07) is 2.17. The van der Waals surface area contributed by atoms with E-state index in [1.807, 2.05) is 6.07 Å². The first-order valence-electron chi connectivity index (χ1n) is 6.96. The third-order valence-corrected chi connectivity index (χ3v) is 5.71. The molecule has 19 heavy (non-hydrogen) atoms. The van der Waals surface area contributed by atoms with Crippen molar-refractivity contribution in [3.05, 3.63) is 24.2 Å². The van der Waals surface area contributed by atoms with E-state index in [1.54, 1.807) is 12.5 Å². The van der Waals surface area contributed by atoms with Gasteiger partial charge in [-0.2, -0.15) is 0 Å². The van der Waals surface area contributed by atoms with E-state index in [2.05, 4.69) is 12.2 Å². The molecule has 0 spiro atoms. The van der Waals surface area contributed by atoms with E-state index < -0.39 is 9.84 Å². The summed E-state index contributed by atoms with van der Waals surface area (Å²) < 4.78 is 28.7. The summed E-state index contributed by atoms with van der Waals surface area (Å²) in [5, 5.41) is 3.29. The zero-order valence-corrected chi connectivity index (χ0v) is 12.4. The van der Waals surface area contributed by atoms with Crippen LogP contribution in [0.5, 0.6) is 0 Å². The highest BCUT2D eigenvalue weighted by Gasteiger charge is 2.33. The number of hydrogen-bond donors (Lipinski definition) is 1. The summed E-state index contributed by atoms with van der Waals surface area (Å²) in [6.45, 7) is 2.94. The van der Waals surface area contributed by atoms with Gasteiger partial charge in [0.25, 0.3) is 0 Å². The van der Waals surface area contributed by atoms with Crippen LogP contribution < -0.4 is 5.32 Å². The lowest BCUT2D eigenvalue weighted by molar-refractivity contribution is 0.274. The predicted octanol–water partition coefficient (Wildman–Crippen LogP) is 2.53. The van der Waals surface area contributed by atoms with E-state index in [9.17, 15) is 8.42 Å². The molecule has 1 aromatic heterocycles. The maximum absolute atomic E-state index is 11.8. The molecule has 1 fully saturated rings. The average molecular weight is 285 g/mol. The Bertz CT molecular complexity index is 481. The van der Waals surface area contributed by atoms with Gasteiger partial charge in [-0.25, -0.2) is 8.42 Å². The van der Waals surface area contributed by atoms with Gasteiger partial charge in [0, 0.05) is 17.9 Å². The van der Waals surface area contributed by atoms with Gasteiger partial charge in [0.2, 0.25) is 0 Å². The molecule has 0 aromatic carbocycles. The van der Waals surface area contributed by atoms with Crippen molar-refractivity contribution in [1.82, 2.24) is 5.32 Å². The van der Waals surface area contributed by atoms with Crippen molar-refractivity contribution in [2.24, 2.45) is 5.92 Å². The molecular formula is C14H23NO3S. The van der Waals surface area contributed by atoms with Gasteiger partial charge in [-0.1, -0.05) is 13.3 Å². The molecule has 1 saturated carbocycles. The second-order valence-corrected chi connectivity index (χ2v) is 7.80. The van der Waals surface area contributed by atoms with Gasteiger partial charge >= 0.3 is 0 Å². The molecule has 1 heterocycles. The first-order chi connectivity index (χ1) is 9.02. The summed E-state index contributed by atoms with van der Waals surface area (Å²) in [5.74, 6) is 0.367. The van der Waals surface area contributed by atoms with Crippen LogP contribution in [0.15, 0.2) is 23.0 Å². The van der Waals surface area contributed by atoms with Gasteiger partial charge in [0.15, 0.2) is 0 Å². The van der Waals surface area contributed by atoms with Crippen LogP contribution in [0.3, 0.4) is 0 Å². The lowest BCUT2D eigenvalue weighted by Gasteiger charge is -2.33. The van der Waals surface area contributed by atoms with E-state index in [0.29, 0.717) is 5.92 Å². The summed E-state index contributed by atoms with van der Waals surface area (Å²) in [5.41, 5.74) is 1.13. The van der Waals surface area contributed by atoms with Gasteiger partial charge in [0.05, 0.1) is 17.8 Å². The van der Waals surface area contributed by atoms with E-state index in [4.69, 9.17) is 4.42 Å². The van der Waals surface area contributed by atoms with Crippen molar-refractivity contribution in [2.45, 2.75) is 43.9 Å². The van der Waals surface area contributed by atoms with Crippen LogP contribution in [0.4, 0.5) is 0 Å². The molecular weight excluding hydrogens is 262 g/mol. The van der Waals surface area contributed by atoms with Crippen LogP contribution in [0.25, 0.3) is 0 Å². The zero-order valence-electron chi connectivity index (χ0n) is 11.6. The third kappa shape index (κ3) is 3.60. The minimum atomic E-state index is -2.93. The molecule has 2 rings (SSSR count). The number of hydrogen-bond acceptors (Lipinski definition) is 4. The van der Waals surface area contributed by atoms with Crippen LogP contribution >= 0.6 is 0 Å². The van der Waals surface area contributed by atoms with Crippen molar-refractivity contribution >= 4 is 9.84 Å². The minimum Gasteiger partial charge on any atom is -0.472 e. The van der Waals surface area contributed by atoms with Gasteiger partial charge in [-0.15, -0.1) is 0 Å². The molecule has 1 N–H and O–H groups in total. The lowest BCUT2D eigenvalue weighted by Crippen LogP contribution is -2.35. The fraction of sp³-hybridized carbons (Fsp3) is 0.714. The van der Waals surface area contributed by atoms with Crippen molar-refractivity contribution < 1.29 is 12.8 Å². The Balaban J connectivity index is 2.13. The van der Waals surface area contributed by atoms with Gasteiger partial charge in [-0.3, -0.25) is 0 Å². The van der Waals surface area contributed by atoms with Crippen molar-refractivity contribution in [1.29, 1.82) is 0 Å². The van der Waals surface area contributed by atoms with Crippen LogP contribution in [0, 0.1) is 5.92 Å². The quantitative estimate of drug-likeness (QED) is 0.903. The highest BCUT2D eigenvalue weighted by Crippen LogP contribution is 2.36. The normalized spacial score (nSPS) is 26.2. The van der Waals surface area contributed by atoms with Crippen LogP contribution in [-0.2, 0) is 9.84 Å². The molecule has 4 nitrogen and oxygen atoms in total. The molecule has 1 aliphatic carbocycles. The van der Waals surface area contributed by atoms with E-state index in [0.717, 1.165) is 37.8 Å². The Morgan fingerprint density at radius 3 is 2.84 bits per heavy atom. The first-order valence-corrected chi connectivity index (χ1v) is 8.92. The Morgan fingerprint density at radius 2 is 2.26 bits per heavy atom. The molecule has 3 unspecified atom stereocenters. The van der Waals surface area contributed by atoms with Crippen LogP contribution in [0.1, 0.15) is 44.2 Å². The van der Waals surface area contributed by atoms with Crippen molar-refractivity contribution in [3.8, 4) is 0 Å². The SMILES string of the molecule is CCNC(c1ccoc1)C1CCCC(S(C)(=O)=O)C1. The highest BCUT2D eigenvalue weighted by molar-refractivity contribution is 7.91. The fourth-order valence-corrected chi connectivity index (χ4v) is 4.29. The smallest absolute Gasteiger partial charge is 0.150 e. The number of furan rings is 1. The number of nitrogens with one attached hydrogen (secondary N) is 1. The van der Waals surface area contributed by atoms with Gasteiger partial charge in [-0.05, 0) is 37.8 Å². The molecule has 0 radical (unpaired) electrons. The second kappa shape index (κ2) is 6.09. The zero-order chi connectivity index (χ0) is 13.9. The molecule has 0 aliphatic heterocycles. The van der Waals surface area contributed by atoms with E-state index in [-0.39, 0.29) is 11.3 Å². The molecule has 108 valence electrons. The summed E-state index contributed by atoms with van der Waals surface area (Å²) in [7, 11) is -2.93. The molecule has 1 aliphatic rings. The predicted molar refractivity (Wildman–Crippen MR) is 75.7 cm³/mol. The van der Waals surface area contributed by atoms with Crippen molar-refractivity contribution in [2.75, 3.05) is 12.8 Å². The first kappa shape index (κ1) is 14.6. The summed E-state index contributed by atoms with van der Waals surface area (Å²) in [6.07, 6.45) is 8.42. The van der Waals surface area contributed by atoms with Gasteiger partial charge < -0.3 is 9.73 Å². The standard InChI is InChI=1S/C14H23NO3S/c1-3-15-14(12-7-8-18-10-12)11-5-4-6-13(9-11)19(2,16)17/h7-8,10-11,13-15H,3-6,9H2,1-2H3. The average Bonchev–Trinajstić information content (AvgIpc) is 2.88. The maximum atomic E-state index is 11.8. The number of rotatable bonds is 5. The molecule has 0 bridgehead atoms. The van der Waals surface area contributed by atoms with E-state index in [1.165, 1.54) is 6.26 Å². The number of sulfone groups is 1. The lowest BCUT2D eigenvalue weighted by atomic mass is 9.81. The molecule has 0 amide bonds. The molecule has 0 saturated heterocycles.